The number of hydrogen-bond acceptors (Lipinski definition) is 9. The number of piperidine rings is 1. The summed E-state index contributed by atoms with van der Waals surface area (Å²) in [6, 6.07) is 0.323. The summed E-state index contributed by atoms with van der Waals surface area (Å²) in [5.41, 5.74) is 3.65. The molecular formula is C29H36ClN3O7. The fourth-order valence-corrected chi connectivity index (χ4v) is 8.27. The number of phenolic OH excluding ortho intramolecular Hbond substituents is 1. The Bertz CT molecular complexity index is 1320. The van der Waals surface area contributed by atoms with Crippen LogP contribution in [0.15, 0.2) is 6.07 Å². The summed E-state index contributed by atoms with van der Waals surface area (Å²) in [7, 11) is 3.11. The van der Waals surface area contributed by atoms with E-state index in [-0.39, 0.29) is 24.2 Å². The van der Waals surface area contributed by atoms with Crippen molar-refractivity contribution in [3.8, 4) is 5.75 Å². The molecule has 4 N–H and O–H groups in total. The molecule has 5 rings (SSSR count). The number of likely N-dealkylation sites (N-methyl/N-ethyl adjacent to an activating group) is 1. The Hall–Kier alpha value is -2.66. The molecule has 0 radical (unpaired) electrons. The quantitative estimate of drug-likeness (QED) is 0.447. The third kappa shape index (κ3) is 4.22. The molecule has 10 nitrogen and oxygen atoms in total. The molecule has 0 aromatic heterocycles. The minimum atomic E-state index is -2.74. The molecule has 1 saturated heterocycles. The number of aromatic hydroxyl groups is 1. The Morgan fingerprint density at radius 3 is 2.33 bits per heavy atom. The van der Waals surface area contributed by atoms with E-state index >= 15 is 0 Å². The Morgan fingerprint density at radius 2 is 1.75 bits per heavy atom. The van der Waals surface area contributed by atoms with E-state index in [0.717, 1.165) is 19.5 Å². The van der Waals surface area contributed by atoms with Gasteiger partial charge in [0.1, 0.15) is 5.75 Å². The number of Topliss-reactive ketones (excluding diaryl/α,β-unsaturated/α-hetero) is 4. The van der Waals surface area contributed by atoms with Crippen molar-refractivity contribution in [2.45, 2.75) is 51.3 Å². The first kappa shape index (κ1) is 28.9. The number of primary amides is 1. The van der Waals surface area contributed by atoms with Crippen molar-refractivity contribution in [1.82, 2.24) is 9.80 Å². The van der Waals surface area contributed by atoms with E-state index in [4.69, 9.17) is 17.3 Å². The van der Waals surface area contributed by atoms with Crippen molar-refractivity contribution in [3.05, 3.63) is 27.8 Å². The molecule has 2 saturated carbocycles. The second kappa shape index (κ2) is 10.0. The summed E-state index contributed by atoms with van der Waals surface area (Å²) in [6.45, 7) is 6.66. The van der Waals surface area contributed by atoms with Gasteiger partial charge in [0.2, 0.25) is 5.91 Å². The number of ketones is 4. The van der Waals surface area contributed by atoms with Crippen LogP contribution in [0.2, 0.25) is 5.02 Å². The largest absolute Gasteiger partial charge is 0.507 e. The average molecular weight is 574 g/mol. The Balaban J connectivity index is 1.55. The van der Waals surface area contributed by atoms with Crippen LogP contribution in [0.1, 0.15) is 48.2 Å². The zero-order valence-electron chi connectivity index (χ0n) is 23.1. The number of halogens is 1. The van der Waals surface area contributed by atoms with Crippen LogP contribution < -0.4 is 5.73 Å². The van der Waals surface area contributed by atoms with Gasteiger partial charge in [-0.2, -0.15) is 0 Å². The van der Waals surface area contributed by atoms with E-state index in [0.29, 0.717) is 34.5 Å². The molecule has 1 aliphatic heterocycles. The van der Waals surface area contributed by atoms with Gasteiger partial charge in [-0.15, -0.1) is 0 Å². The third-order valence-corrected chi connectivity index (χ3v) is 9.88. The third-order valence-electron chi connectivity index (χ3n) is 9.41. The van der Waals surface area contributed by atoms with E-state index in [9.17, 15) is 34.2 Å². The molecule has 3 aliphatic carbocycles. The molecule has 3 fully saturated rings. The van der Waals surface area contributed by atoms with Gasteiger partial charge in [-0.05, 0) is 68.3 Å². The molecule has 1 amide bonds. The maximum Gasteiger partial charge on any atom is 0.235 e. The Morgan fingerprint density at radius 1 is 1.12 bits per heavy atom. The van der Waals surface area contributed by atoms with E-state index in [1.807, 2.05) is 0 Å². The highest BCUT2D eigenvalue weighted by atomic mass is 35.5. The van der Waals surface area contributed by atoms with Gasteiger partial charge in [0.25, 0.3) is 0 Å². The summed E-state index contributed by atoms with van der Waals surface area (Å²) < 4.78 is 0. The van der Waals surface area contributed by atoms with Gasteiger partial charge in [0.05, 0.1) is 17.5 Å². The summed E-state index contributed by atoms with van der Waals surface area (Å²) in [6.07, 6.45) is 1.28. The average Bonchev–Trinajstić information content (AvgIpc) is 2.83. The van der Waals surface area contributed by atoms with Crippen molar-refractivity contribution < 1.29 is 34.2 Å². The van der Waals surface area contributed by atoms with Crippen molar-refractivity contribution in [1.29, 1.82) is 0 Å². The highest BCUT2D eigenvalue weighted by molar-refractivity contribution is 6.34. The number of likely N-dealkylation sites (tertiary alicyclic amines) is 1. The lowest BCUT2D eigenvalue weighted by molar-refractivity contribution is -0.181. The maximum absolute atomic E-state index is 13.9. The summed E-state index contributed by atoms with van der Waals surface area (Å²) in [4.78, 5) is 70.1. The molecule has 0 spiro atoms. The fourth-order valence-electron chi connectivity index (χ4n) is 7.98. The summed E-state index contributed by atoms with van der Waals surface area (Å²) in [5.74, 6) is -9.61. The topological polar surface area (TPSA) is 158 Å². The normalized spacial score (nSPS) is 36.3. The number of hydrogen-bond donors (Lipinski definition) is 3. The minimum Gasteiger partial charge on any atom is -0.507 e. The van der Waals surface area contributed by atoms with E-state index in [1.54, 1.807) is 14.1 Å². The van der Waals surface area contributed by atoms with Crippen molar-refractivity contribution in [2.75, 3.05) is 27.2 Å². The van der Waals surface area contributed by atoms with Gasteiger partial charge in [0.15, 0.2) is 34.7 Å². The van der Waals surface area contributed by atoms with Crippen LogP contribution in [-0.2, 0) is 32.1 Å². The number of nitrogens with two attached hydrogens (primary N) is 1. The fraction of sp³-hybridized carbons (Fsp3) is 0.621. The molecule has 11 heteroatoms. The lowest BCUT2D eigenvalue weighted by Crippen LogP contribution is -2.74. The standard InChI is InChI=1S/C29H36ClN3O7/c1-12-5-13(2)10-33(9-12)11-15-8-18(34)20-16(22(15)30)6-14-7-17-23(32(3)4)25(36)21(28(31)39)27(38)29(17,40)26(37)19(14)24(20)35/h8,12-14,17,19,21,23,34,40H,5-7,9-11H2,1-4H3,(H2,31,39)/t12-,13-,14-,17-,19?,21?,23-,29-/m0/s1. The van der Waals surface area contributed by atoms with E-state index in [1.165, 1.54) is 11.0 Å². The van der Waals surface area contributed by atoms with Crippen LogP contribution in [0.25, 0.3) is 0 Å². The number of rotatable bonds is 4. The lowest BCUT2D eigenvalue weighted by Gasteiger charge is -2.52. The second-order valence-corrected chi connectivity index (χ2v) is 13.0. The number of benzene rings is 1. The summed E-state index contributed by atoms with van der Waals surface area (Å²) in [5, 5.41) is 23.0. The molecular weight excluding hydrogens is 538 g/mol. The van der Waals surface area contributed by atoms with Gasteiger partial charge in [-0.1, -0.05) is 25.4 Å². The smallest absolute Gasteiger partial charge is 0.235 e. The molecule has 1 aromatic carbocycles. The zero-order chi connectivity index (χ0) is 29.4. The highest BCUT2D eigenvalue weighted by Crippen LogP contribution is 2.52. The molecule has 4 aliphatic rings. The van der Waals surface area contributed by atoms with Gasteiger partial charge in [-0.3, -0.25) is 33.8 Å². The van der Waals surface area contributed by atoms with Crippen molar-refractivity contribution in [3.63, 3.8) is 0 Å². The van der Waals surface area contributed by atoms with Crippen LogP contribution in [0, 0.1) is 35.5 Å². The number of nitrogens with zero attached hydrogens (tertiary/aromatic N) is 2. The number of aliphatic hydroxyl groups is 1. The molecule has 8 atom stereocenters. The molecule has 1 heterocycles. The predicted molar refractivity (Wildman–Crippen MR) is 145 cm³/mol. The minimum absolute atomic E-state index is 0.00757. The first-order valence-electron chi connectivity index (χ1n) is 13.8. The zero-order valence-corrected chi connectivity index (χ0v) is 23.9. The van der Waals surface area contributed by atoms with Crippen molar-refractivity contribution in [2.24, 2.45) is 41.2 Å². The number of carbonyl (C=O) groups excluding carboxylic acids is 5. The number of phenols is 1. The lowest BCUT2D eigenvalue weighted by atomic mass is 9.52. The monoisotopic (exact) mass is 573 g/mol. The Kier molecular flexibility index (Phi) is 7.22. The molecule has 0 bridgehead atoms. The Labute approximate surface area is 237 Å². The van der Waals surface area contributed by atoms with Gasteiger partial charge in [-0.25, -0.2) is 0 Å². The van der Waals surface area contributed by atoms with Crippen molar-refractivity contribution >= 4 is 40.6 Å². The number of carbonyl (C=O) groups is 5. The maximum atomic E-state index is 13.9. The molecule has 1 aromatic rings. The summed E-state index contributed by atoms with van der Waals surface area (Å²) >= 11 is 6.88. The van der Waals surface area contributed by atoms with Crippen LogP contribution in [0.4, 0.5) is 0 Å². The SMILES string of the molecule is C[C@H]1C[C@H](C)CN(Cc2cc(O)c3c(c2Cl)C[C@H]2C[C@H]4[C@H](N(C)C)C(=O)C(C(N)=O)C(=O)[C@@]4(O)C(=O)C2C3=O)C1. The molecule has 40 heavy (non-hydrogen) atoms. The first-order valence-corrected chi connectivity index (χ1v) is 14.2. The second-order valence-electron chi connectivity index (χ2n) is 12.7. The van der Waals surface area contributed by atoms with Crippen LogP contribution in [0.5, 0.6) is 5.75 Å². The van der Waals surface area contributed by atoms with Crippen LogP contribution >= 0.6 is 11.6 Å². The van der Waals surface area contributed by atoms with Gasteiger partial charge >= 0.3 is 0 Å². The number of fused-ring (bicyclic) bond motifs is 3. The van der Waals surface area contributed by atoms with Crippen LogP contribution in [-0.4, -0.2) is 87.9 Å². The van der Waals surface area contributed by atoms with E-state index < -0.39 is 64.4 Å². The molecule has 2 unspecified atom stereocenters. The number of amides is 1. The molecule has 216 valence electrons. The van der Waals surface area contributed by atoms with Crippen LogP contribution in [0.3, 0.4) is 0 Å². The highest BCUT2D eigenvalue weighted by Gasteiger charge is 2.69. The van der Waals surface area contributed by atoms with Gasteiger partial charge < -0.3 is 15.9 Å². The predicted octanol–water partition coefficient (Wildman–Crippen LogP) is 0.998. The first-order chi connectivity index (χ1) is 18.7. The van der Waals surface area contributed by atoms with E-state index in [2.05, 4.69) is 18.7 Å². The van der Waals surface area contributed by atoms with Gasteiger partial charge in [0, 0.05) is 30.6 Å².